The molecule has 0 saturated carbocycles. The first kappa shape index (κ1) is 24.4. The van der Waals surface area contributed by atoms with Gasteiger partial charge in [0, 0.05) is 44.6 Å². The fourth-order valence-electron chi connectivity index (χ4n) is 2.26. The number of phosphoric acid groups is 1. The van der Waals surface area contributed by atoms with Crippen molar-refractivity contribution < 1.29 is 27.3 Å². The van der Waals surface area contributed by atoms with Gasteiger partial charge in [-0.2, -0.15) is 0 Å². The molecule has 9 heteroatoms. The number of phosphoric ester groups is 1. The van der Waals surface area contributed by atoms with Crippen LogP contribution in [0.25, 0.3) is 0 Å². The normalized spacial score (nSPS) is 15.6. The highest BCUT2D eigenvalue weighted by atomic mass is 32.2. The van der Waals surface area contributed by atoms with Crippen molar-refractivity contribution in [1.82, 2.24) is 0 Å². The zero-order valence-corrected chi connectivity index (χ0v) is 17.8. The third-order valence-electron chi connectivity index (χ3n) is 3.41. The number of hydrogen-bond donors (Lipinski definition) is 2. The summed E-state index contributed by atoms with van der Waals surface area (Å²) in [5.41, 5.74) is -0.943. The van der Waals surface area contributed by atoms with Crippen LogP contribution in [0.1, 0.15) is 59.8 Å². The highest BCUT2D eigenvalue weighted by molar-refractivity contribution is 7.85. The van der Waals surface area contributed by atoms with Gasteiger partial charge in [-0.3, -0.25) is 12.9 Å². The van der Waals surface area contributed by atoms with Crippen LogP contribution in [0, 0.1) is 5.92 Å². The summed E-state index contributed by atoms with van der Waals surface area (Å²) < 4.78 is 39.3. The molecule has 0 rings (SSSR count). The molecule has 0 saturated heterocycles. The second kappa shape index (κ2) is 11.9. The maximum absolute atomic E-state index is 11.9. The van der Waals surface area contributed by atoms with Gasteiger partial charge in [-0.15, -0.1) is 0 Å². The number of rotatable bonds is 14. The summed E-state index contributed by atoms with van der Waals surface area (Å²) in [7, 11) is -6.32. The largest absolute Gasteiger partial charge is 0.470 e. The summed E-state index contributed by atoms with van der Waals surface area (Å²) >= 11 is 0. The monoisotopic (exact) mass is 404 g/mol. The summed E-state index contributed by atoms with van der Waals surface area (Å²) in [6, 6.07) is 0. The van der Waals surface area contributed by atoms with Gasteiger partial charge >= 0.3 is 7.82 Å². The lowest BCUT2D eigenvalue weighted by Gasteiger charge is -2.25. The van der Waals surface area contributed by atoms with E-state index in [0.717, 1.165) is 18.6 Å². The van der Waals surface area contributed by atoms with Crippen LogP contribution in [0.5, 0.6) is 0 Å². The molecule has 0 aromatic heterocycles. The molecule has 0 fully saturated rings. The fourth-order valence-corrected chi connectivity index (χ4v) is 5.48. The van der Waals surface area contributed by atoms with E-state index in [4.69, 9.17) is 14.3 Å². The summed E-state index contributed by atoms with van der Waals surface area (Å²) in [5.74, 6) is 2.94. The average Bonchev–Trinajstić information content (AvgIpc) is 2.34. The van der Waals surface area contributed by atoms with E-state index in [9.17, 15) is 13.0 Å². The van der Waals surface area contributed by atoms with Crippen LogP contribution in [0.4, 0.5) is 0 Å². The molecule has 146 valence electrons. The minimum atomic E-state index is -4.51. The number of hydrogen-bond acceptors (Lipinski definition) is 4. The van der Waals surface area contributed by atoms with Gasteiger partial charge in [-0.1, -0.05) is 20.3 Å². The molecular formula is C15H33O6PS2. The first-order valence-electron chi connectivity index (χ1n) is 8.37. The van der Waals surface area contributed by atoms with Crippen LogP contribution in [0.3, 0.4) is 0 Å². The molecule has 6 nitrogen and oxygen atoms in total. The predicted octanol–water partition coefficient (Wildman–Crippen LogP) is 2.98. The first-order chi connectivity index (χ1) is 10.9. The first-order valence-corrected chi connectivity index (χ1v) is 12.9. The molecule has 0 heterocycles. The maximum atomic E-state index is 11.9. The van der Waals surface area contributed by atoms with Gasteiger partial charge in [0.2, 0.25) is 0 Å². The zero-order chi connectivity index (χ0) is 18.8. The fraction of sp³-hybridized carbons (Fsp3) is 1.00. The van der Waals surface area contributed by atoms with Crippen LogP contribution in [-0.2, 0) is 30.7 Å². The van der Waals surface area contributed by atoms with Gasteiger partial charge in [-0.25, -0.2) is 4.57 Å². The Morgan fingerprint density at radius 3 is 1.88 bits per heavy atom. The van der Waals surface area contributed by atoms with Crippen molar-refractivity contribution >= 4 is 29.4 Å². The molecule has 0 bridgehead atoms. The van der Waals surface area contributed by atoms with Crippen LogP contribution in [0.2, 0.25) is 0 Å². The Hall–Kier alpha value is 0.410. The second-order valence-electron chi connectivity index (χ2n) is 7.03. The lowest BCUT2D eigenvalue weighted by molar-refractivity contribution is 0.0576. The SMILES string of the molecule is CC(C)CCCS(=O)CCCS(=O)CCCC(C)(C)OP(=O)(O)O. The smallest absolute Gasteiger partial charge is 0.303 e. The molecule has 24 heavy (non-hydrogen) atoms. The Morgan fingerprint density at radius 2 is 1.42 bits per heavy atom. The Kier molecular flexibility index (Phi) is 12.1. The predicted molar refractivity (Wildman–Crippen MR) is 101 cm³/mol. The van der Waals surface area contributed by atoms with Crippen molar-refractivity contribution in [3.63, 3.8) is 0 Å². The Morgan fingerprint density at radius 1 is 0.958 bits per heavy atom. The summed E-state index contributed by atoms with van der Waals surface area (Å²) in [5, 5.41) is 0. The minimum absolute atomic E-state index is 0.422. The third-order valence-corrected chi connectivity index (χ3v) is 7.12. The molecular weight excluding hydrogens is 371 g/mol. The topological polar surface area (TPSA) is 101 Å². The Labute approximate surface area is 151 Å². The molecule has 2 unspecified atom stereocenters. The molecule has 0 spiro atoms. The van der Waals surface area contributed by atoms with Gasteiger partial charge < -0.3 is 9.79 Å². The van der Waals surface area contributed by atoms with Crippen LogP contribution in [-0.4, -0.2) is 46.8 Å². The van der Waals surface area contributed by atoms with Gasteiger partial charge in [-0.05, 0) is 45.4 Å². The van der Waals surface area contributed by atoms with E-state index in [1.165, 1.54) is 0 Å². The Balaban J connectivity index is 3.80. The van der Waals surface area contributed by atoms with E-state index in [2.05, 4.69) is 13.8 Å². The molecule has 0 aromatic rings. The molecule has 0 radical (unpaired) electrons. The molecule has 0 aliphatic carbocycles. The van der Waals surface area contributed by atoms with Crippen LogP contribution >= 0.6 is 7.82 Å². The van der Waals surface area contributed by atoms with Crippen LogP contribution in [0.15, 0.2) is 0 Å². The van der Waals surface area contributed by atoms with Gasteiger partial charge in [0.05, 0.1) is 5.60 Å². The molecule has 2 atom stereocenters. The summed E-state index contributed by atoms with van der Waals surface area (Å²) in [6.07, 6.45) is 3.73. The zero-order valence-electron chi connectivity index (χ0n) is 15.2. The molecule has 0 amide bonds. The lowest BCUT2D eigenvalue weighted by atomic mass is 10.0. The maximum Gasteiger partial charge on any atom is 0.470 e. The molecule has 0 aromatic carbocycles. The molecule has 2 N–H and O–H groups in total. The lowest BCUT2D eigenvalue weighted by Crippen LogP contribution is -2.23. The van der Waals surface area contributed by atoms with Gasteiger partial charge in [0.15, 0.2) is 0 Å². The van der Waals surface area contributed by atoms with Crippen molar-refractivity contribution in [2.75, 3.05) is 23.0 Å². The third kappa shape index (κ3) is 15.9. The summed E-state index contributed by atoms with van der Waals surface area (Å²) in [6.45, 7) is 7.52. The Bertz CT molecular complexity index is 447. The molecule has 0 aliphatic heterocycles. The van der Waals surface area contributed by atoms with Crippen molar-refractivity contribution in [2.45, 2.75) is 65.4 Å². The van der Waals surface area contributed by atoms with E-state index >= 15 is 0 Å². The average molecular weight is 405 g/mol. The van der Waals surface area contributed by atoms with E-state index in [-0.39, 0.29) is 0 Å². The van der Waals surface area contributed by atoms with Crippen molar-refractivity contribution in [2.24, 2.45) is 5.92 Å². The van der Waals surface area contributed by atoms with E-state index in [0.29, 0.717) is 42.4 Å². The van der Waals surface area contributed by atoms with E-state index in [1.807, 2.05) is 0 Å². The minimum Gasteiger partial charge on any atom is -0.303 e. The summed E-state index contributed by atoms with van der Waals surface area (Å²) in [4.78, 5) is 17.6. The standard InChI is InChI=1S/C15H33O6PS2/c1-14(2)8-5-10-23(19)12-7-13-24(20)11-6-9-15(3,4)21-22(16,17)18/h14H,5-13H2,1-4H3,(H2,16,17,18). The highest BCUT2D eigenvalue weighted by Gasteiger charge is 2.28. The van der Waals surface area contributed by atoms with E-state index in [1.54, 1.807) is 13.8 Å². The molecule has 0 aliphatic rings. The second-order valence-corrected chi connectivity index (χ2v) is 11.6. The van der Waals surface area contributed by atoms with Crippen LogP contribution < -0.4 is 0 Å². The van der Waals surface area contributed by atoms with E-state index < -0.39 is 35.0 Å². The van der Waals surface area contributed by atoms with Crippen molar-refractivity contribution in [3.05, 3.63) is 0 Å². The van der Waals surface area contributed by atoms with Crippen molar-refractivity contribution in [3.8, 4) is 0 Å². The van der Waals surface area contributed by atoms with Crippen molar-refractivity contribution in [1.29, 1.82) is 0 Å². The van der Waals surface area contributed by atoms with Gasteiger partial charge in [0.25, 0.3) is 0 Å². The quantitative estimate of drug-likeness (QED) is 0.432. The highest BCUT2D eigenvalue weighted by Crippen LogP contribution is 2.42. The van der Waals surface area contributed by atoms with Gasteiger partial charge in [0.1, 0.15) is 0 Å².